The molecule has 3 aromatic rings. The van der Waals surface area contributed by atoms with Gasteiger partial charge in [-0.25, -0.2) is 28.7 Å². The molecule has 1 aliphatic heterocycles. The van der Waals surface area contributed by atoms with Crippen molar-refractivity contribution in [3.8, 4) is 0 Å². The number of hydrogen-bond acceptors (Lipinski definition) is 6. The minimum Gasteiger partial charge on any atom is -0.373 e. The molecule has 0 radical (unpaired) electrons. The number of ether oxygens (including phenoxy) is 1. The van der Waals surface area contributed by atoms with Crippen LogP contribution in [0.5, 0.6) is 0 Å². The van der Waals surface area contributed by atoms with Crippen LogP contribution in [-0.4, -0.2) is 43.7 Å². The van der Waals surface area contributed by atoms with Crippen molar-refractivity contribution >= 4 is 11.2 Å². The molecular formula is C26H26F5N5O2. The van der Waals surface area contributed by atoms with E-state index in [1.807, 2.05) is 6.92 Å². The normalized spacial score (nSPS) is 28.8. The average molecular weight is 536 g/mol. The molecule has 2 unspecified atom stereocenters. The zero-order valence-corrected chi connectivity index (χ0v) is 20.9. The average Bonchev–Trinajstić information content (AvgIpc) is 2.78. The van der Waals surface area contributed by atoms with Crippen molar-refractivity contribution in [1.29, 1.82) is 0 Å². The Labute approximate surface area is 214 Å². The van der Waals surface area contributed by atoms with Gasteiger partial charge < -0.3 is 9.30 Å². The maximum absolute atomic E-state index is 13.6. The largest absolute Gasteiger partial charge is 0.394 e. The molecule has 0 aromatic carbocycles. The first kappa shape index (κ1) is 25.3. The Kier molecular flexibility index (Phi) is 5.65. The Balaban J connectivity index is 1.35. The van der Waals surface area contributed by atoms with Crippen LogP contribution in [0, 0.1) is 19.3 Å². The summed E-state index contributed by atoms with van der Waals surface area (Å²) in [6.07, 6.45) is -5.02. The second kappa shape index (κ2) is 8.49. The number of nitrogens with zero attached hydrogens (tertiary/aromatic N) is 5. The van der Waals surface area contributed by atoms with Gasteiger partial charge in [-0.15, -0.1) is 0 Å². The number of fused-ring (bicyclic) bond motifs is 1. The van der Waals surface area contributed by atoms with Gasteiger partial charge in [0.2, 0.25) is 0 Å². The molecule has 0 spiro atoms. The molecule has 3 aromatic heterocycles. The van der Waals surface area contributed by atoms with E-state index in [4.69, 9.17) is 14.7 Å². The monoisotopic (exact) mass is 535 g/mol. The number of hydrogen-bond donors (Lipinski definition) is 0. The highest BCUT2D eigenvalue weighted by molar-refractivity contribution is 5.75. The van der Waals surface area contributed by atoms with Crippen LogP contribution in [0.2, 0.25) is 0 Å². The topological polar surface area (TPSA) is 82.8 Å². The number of halogens is 5. The Morgan fingerprint density at radius 3 is 2.47 bits per heavy atom. The van der Waals surface area contributed by atoms with Crippen molar-refractivity contribution in [2.75, 3.05) is 6.61 Å². The highest BCUT2D eigenvalue weighted by atomic mass is 19.4. The van der Waals surface area contributed by atoms with E-state index in [-0.39, 0.29) is 25.2 Å². The molecule has 7 nitrogen and oxygen atoms in total. The van der Waals surface area contributed by atoms with Crippen molar-refractivity contribution in [3.05, 3.63) is 57.2 Å². The molecule has 3 saturated carbocycles. The fourth-order valence-electron chi connectivity index (χ4n) is 6.32. The van der Waals surface area contributed by atoms with Crippen LogP contribution >= 0.6 is 0 Å². The van der Waals surface area contributed by atoms with E-state index in [0.717, 1.165) is 4.57 Å². The predicted molar refractivity (Wildman–Crippen MR) is 126 cm³/mol. The van der Waals surface area contributed by atoms with Crippen LogP contribution in [0.25, 0.3) is 11.2 Å². The van der Waals surface area contributed by atoms with Gasteiger partial charge in [-0.3, -0.25) is 4.79 Å². The molecule has 4 heterocycles. The maximum Gasteiger partial charge on any atom is 0.394 e. The molecule has 38 heavy (non-hydrogen) atoms. The van der Waals surface area contributed by atoms with Crippen molar-refractivity contribution < 1.29 is 26.7 Å². The molecule has 4 fully saturated rings. The van der Waals surface area contributed by atoms with Crippen molar-refractivity contribution in [1.82, 2.24) is 24.5 Å². The number of alkyl halides is 5. The van der Waals surface area contributed by atoms with Gasteiger partial charge in [-0.05, 0) is 57.6 Å². The Morgan fingerprint density at radius 1 is 1.08 bits per heavy atom. The van der Waals surface area contributed by atoms with Crippen LogP contribution in [0.4, 0.5) is 22.0 Å². The van der Waals surface area contributed by atoms with Gasteiger partial charge >= 0.3 is 6.18 Å². The van der Waals surface area contributed by atoms with E-state index in [0.29, 0.717) is 59.1 Å². The molecule has 3 aliphatic carbocycles. The van der Waals surface area contributed by atoms with Crippen molar-refractivity contribution in [2.24, 2.45) is 5.41 Å². The molecule has 7 rings (SSSR count). The summed E-state index contributed by atoms with van der Waals surface area (Å²) in [5, 5.41) is 0. The van der Waals surface area contributed by atoms with Crippen LogP contribution in [0.3, 0.4) is 0 Å². The fraction of sp³-hybridized carbons (Fsp3) is 0.577. The number of rotatable bonds is 5. The van der Waals surface area contributed by atoms with Crippen LogP contribution in [0.1, 0.15) is 72.6 Å². The Bertz CT molecular complexity index is 1470. The summed E-state index contributed by atoms with van der Waals surface area (Å²) in [5.74, 6) is 0.282. The first-order valence-electron chi connectivity index (χ1n) is 12.6. The second-order valence-electron chi connectivity index (χ2n) is 11.0. The Hall–Kier alpha value is -3.02. The van der Waals surface area contributed by atoms with E-state index in [1.165, 1.54) is 12.3 Å². The summed E-state index contributed by atoms with van der Waals surface area (Å²) < 4.78 is 73.5. The highest BCUT2D eigenvalue weighted by Gasteiger charge is 2.79. The quantitative estimate of drug-likeness (QED) is 0.424. The summed E-state index contributed by atoms with van der Waals surface area (Å²) in [6, 6.07) is 2.81. The van der Waals surface area contributed by atoms with Crippen LogP contribution in [-0.2, 0) is 16.7 Å². The van der Waals surface area contributed by atoms with Crippen LogP contribution in [0.15, 0.2) is 23.1 Å². The minimum atomic E-state index is -4.24. The van der Waals surface area contributed by atoms with Gasteiger partial charge in [-0.1, -0.05) is 0 Å². The van der Waals surface area contributed by atoms with Gasteiger partial charge in [0, 0.05) is 30.2 Å². The van der Waals surface area contributed by atoms with Crippen LogP contribution < -0.4 is 5.56 Å². The van der Waals surface area contributed by atoms with E-state index >= 15 is 0 Å². The molecule has 4 aliphatic rings. The lowest BCUT2D eigenvalue weighted by molar-refractivity contribution is -0.337. The summed E-state index contributed by atoms with van der Waals surface area (Å²) in [4.78, 5) is 30.8. The summed E-state index contributed by atoms with van der Waals surface area (Å²) in [6.45, 7) is 3.25. The van der Waals surface area contributed by atoms with Gasteiger partial charge in [0.25, 0.3) is 12.0 Å². The first-order valence-corrected chi connectivity index (χ1v) is 12.6. The second-order valence-corrected chi connectivity index (χ2v) is 11.0. The smallest absolute Gasteiger partial charge is 0.373 e. The number of aryl methyl sites for hydroxylation is 2. The highest BCUT2D eigenvalue weighted by Crippen LogP contribution is 2.78. The van der Waals surface area contributed by atoms with Gasteiger partial charge in [0.05, 0.1) is 35.1 Å². The molecule has 2 atom stereocenters. The molecule has 2 bridgehead atoms. The van der Waals surface area contributed by atoms with E-state index < -0.39 is 41.6 Å². The van der Waals surface area contributed by atoms with E-state index in [1.54, 1.807) is 13.0 Å². The number of aromatic nitrogens is 5. The SMILES string of the molecule is Cc1nc2nc(C3CCOC(c4ccc(=O)n(CC(F)F)c4)C3)nc(C34CC(C(F)(F)F)(C3)C4)c2nc1C. The lowest BCUT2D eigenvalue weighted by Crippen LogP contribution is -2.70. The van der Waals surface area contributed by atoms with Crippen molar-refractivity contribution in [2.45, 2.75) is 82.5 Å². The third-order valence-electron chi connectivity index (χ3n) is 8.46. The Morgan fingerprint density at radius 2 is 1.79 bits per heavy atom. The van der Waals surface area contributed by atoms with E-state index in [2.05, 4.69) is 9.97 Å². The zero-order valence-electron chi connectivity index (χ0n) is 20.9. The molecule has 12 heteroatoms. The lowest BCUT2D eigenvalue weighted by atomic mass is 9.34. The predicted octanol–water partition coefficient (Wildman–Crippen LogP) is 5.08. The summed E-state index contributed by atoms with van der Waals surface area (Å²) >= 11 is 0. The molecule has 0 amide bonds. The number of pyridine rings is 1. The molecule has 0 N–H and O–H groups in total. The third-order valence-corrected chi connectivity index (χ3v) is 8.46. The van der Waals surface area contributed by atoms with Gasteiger partial charge in [-0.2, -0.15) is 13.2 Å². The maximum atomic E-state index is 13.6. The minimum absolute atomic E-state index is 0.00819. The molecule has 202 valence electrons. The molecule has 1 saturated heterocycles. The van der Waals surface area contributed by atoms with E-state index in [9.17, 15) is 26.7 Å². The fourth-order valence-corrected chi connectivity index (χ4v) is 6.32. The van der Waals surface area contributed by atoms with Gasteiger partial charge in [0.1, 0.15) is 11.3 Å². The van der Waals surface area contributed by atoms with Crippen molar-refractivity contribution in [3.63, 3.8) is 0 Å². The molecular weight excluding hydrogens is 509 g/mol. The standard InChI is InChI=1S/C26H26F5N5O2/c1-13-14(2)33-23-20(32-13)21(24-10-25(11-24,12-24)26(29,30)31)34-22(35-23)15-5-6-38-17(7-15)16-3-4-19(37)36(8-16)9-18(27)28/h3-4,8,15,17-18H,5-7,9-12H2,1-2H3. The zero-order chi connectivity index (χ0) is 27.0. The summed E-state index contributed by atoms with van der Waals surface area (Å²) in [7, 11) is 0. The third kappa shape index (κ3) is 3.90. The van der Waals surface area contributed by atoms with Gasteiger partial charge in [0.15, 0.2) is 5.65 Å². The summed E-state index contributed by atoms with van der Waals surface area (Å²) in [5.41, 5.74) is 0.466. The first-order chi connectivity index (χ1) is 17.9. The lowest BCUT2D eigenvalue weighted by Gasteiger charge is -2.70.